The number of ether oxygens (including phenoxy) is 1. The lowest BCUT2D eigenvalue weighted by atomic mass is 10.1. The summed E-state index contributed by atoms with van der Waals surface area (Å²) in [7, 11) is 0. The van der Waals surface area contributed by atoms with Crippen LogP contribution >= 0.6 is 11.6 Å². The van der Waals surface area contributed by atoms with Crippen LogP contribution in [0.5, 0.6) is 0 Å². The van der Waals surface area contributed by atoms with Crippen LogP contribution in [0.1, 0.15) is 21.7 Å². The zero-order valence-corrected chi connectivity index (χ0v) is 12.4. The summed E-state index contributed by atoms with van der Waals surface area (Å²) < 4.78 is 10.7. The number of nitrogens with zero attached hydrogens (tertiary/aromatic N) is 1. The Morgan fingerprint density at radius 2 is 2.10 bits per heavy atom. The van der Waals surface area contributed by atoms with Gasteiger partial charge in [0.1, 0.15) is 0 Å². The molecule has 0 aliphatic carbocycles. The molecule has 6 heteroatoms. The van der Waals surface area contributed by atoms with Crippen molar-refractivity contribution >= 4 is 28.5 Å². The van der Waals surface area contributed by atoms with Crippen molar-refractivity contribution in [2.45, 2.75) is 13.5 Å². The number of benzene rings is 1. The molecule has 112 valence electrons. The lowest BCUT2D eigenvalue weighted by molar-refractivity contribution is 0.0342. The largest absolute Gasteiger partial charge is 0.475 e. The Balaban J connectivity index is 1.97. The van der Waals surface area contributed by atoms with E-state index in [4.69, 9.17) is 25.9 Å². The van der Waals surface area contributed by atoms with Crippen molar-refractivity contribution in [1.82, 2.24) is 4.90 Å². The number of furan rings is 1. The molecule has 1 aliphatic rings. The highest BCUT2D eigenvalue weighted by Gasteiger charge is 2.20. The molecule has 1 aromatic heterocycles. The molecule has 0 spiro atoms. The zero-order chi connectivity index (χ0) is 15.0. The van der Waals surface area contributed by atoms with Crippen LogP contribution in [0.4, 0.5) is 0 Å². The Morgan fingerprint density at radius 3 is 2.76 bits per heavy atom. The molecule has 2 aromatic rings. The second-order valence-electron chi connectivity index (χ2n) is 5.20. The minimum atomic E-state index is -1.07. The highest BCUT2D eigenvalue weighted by molar-refractivity contribution is 6.35. The molecule has 1 aromatic carbocycles. The van der Waals surface area contributed by atoms with E-state index >= 15 is 0 Å². The van der Waals surface area contributed by atoms with Crippen LogP contribution in [0.3, 0.4) is 0 Å². The number of morpholine rings is 1. The van der Waals surface area contributed by atoms with E-state index in [1.807, 2.05) is 12.1 Å². The van der Waals surface area contributed by atoms with Gasteiger partial charge in [0.15, 0.2) is 5.58 Å². The first-order valence-corrected chi connectivity index (χ1v) is 7.19. The van der Waals surface area contributed by atoms with Crippen LogP contribution in [0.2, 0.25) is 5.02 Å². The number of aryl methyl sites for hydroxylation is 1. The molecule has 0 unspecified atom stereocenters. The van der Waals surface area contributed by atoms with E-state index in [-0.39, 0.29) is 5.76 Å². The third-order valence-corrected chi connectivity index (χ3v) is 4.04. The van der Waals surface area contributed by atoms with Gasteiger partial charge in [0.25, 0.3) is 0 Å². The van der Waals surface area contributed by atoms with Gasteiger partial charge in [-0.15, -0.1) is 0 Å². The quantitative estimate of drug-likeness (QED) is 0.944. The molecule has 0 bridgehead atoms. The van der Waals surface area contributed by atoms with Crippen molar-refractivity contribution in [3.05, 3.63) is 34.0 Å². The van der Waals surface area contributed by atoms with Crippen LogP contribution < -0.4 is 0 Å². The van der Waals surface area contributed by atoms with E-state index in [0.717, 1.165) is 43.8 Å². The van der Waals surface area contributed by atoms with Crippen molar-refractivity contribution in [3.63, 3.8) is 0 Å². The summed E-state index contributed by atoms with van der Waals surface area (Å²) in [5.41, 5.74) is 2.11. The standard InChI is InChI=1S/C15H16ClNO4/c1-9-11-6-10(8-17-2-4-20-5-3-17)7-12(16)14(11)21-13(9)15(18)19/h6-7H,2-5,8H2,1H3,(H,18,19). The van der Waals surface area contributed by atoms with Crippen molar-refractivity contribution in [2.75, 3.05) is 26.3 Å². The average Bonchev–Trinajstić information content (AvgIpc) is 2.78. The van der Waals surface area contributed by atoms with E-state index < -0.39 is 5.97 Å². The maximum atomic E-state index is 11.1. The number of carboxylic acid groups (broad SMARTS) is 1. The number of hydrogen-bond donors (Lipinski definition) is 1. The minimum Gasteiger partial charge on any atom is -0.475 e. The molecule has 0 amide bonds. The first-order valence-electron chi connectivity index (χ1n) is 6.81. The number of carbonyl (C=O) groups is 1. The number of fused-ring (bicyclic) bond motifs is 1. The maximum absolute atomic E-state index is 11.1. The summed E-state index contributed by atoms with van der Waals surface area (Å²) in [4.78, 5) is 13.4. The van der Waals surface area contributed by atoms with Gasteiger partial charge < -0.3 is 14.3 Å². The van der Waals surface area contributed by atoms with Gasteiger partial charge in [-0.3, -0.25) is 4.90 Å². The molecule has 1 fully saturated rings. The number of halogens is 1. The highest BCUT2D eigenvalue weighted by Crippen LogP contribution is 2.32. The summed E-state index contributed by atoms with van der Waals surface area (Å²) >= 11 is 6.24. The summed E-state index contributed by atoms with van der Waals surface area (Å²) in [6, 6.07) is 3.80. The fraction of sp³-hybridized carbons (Fsp3) is 0.400. The Hall–Kier alpha value is -1.56. The molecule has 21 heavy (non-hydrogen) atoms. The summed E-state index contributed by atoms with van der Waals surface area (Å²) in [6.45, 7) is 5.77. The van der Waals surface area contributed by atoms with E-state index in [2.05, 4.69) is 4.90 Å². The molecule has 3 rings (SSSR count). The van der Waals surface area contributed by atoms with E-state index in [0.29, 0.717) is 16.2 Å². The maximum Gasteiger partial charge on any atom is 0.372 e. The molecule has 1 aliphatic heterocycles. The summed E-state index contributed by atoms with van der Waals surface area (Å²) in [5, 5.41) is 10.3. The summed E-state index contributed by atoms with van der Waals surface area (Å²) in [6.07, 6.45) is 0. The molecular weight excluding hydrogens is 294 g/mol. The fourth-order valence-corrected chi connectivity index (χ4v) is 2.93. The Kier molecular flexibility index (Phi) is 3.89. The summed E-state index contributed by atoms with van der Waals surface area (Å²) in [5.74, 6) is -1.12. The molecular formula is C15H16ClNO4. The second kappa shape index (κ2) is 5.67. The predicted molar refractivity (Wildman–Crippen MR) is 79.0 cm³/mol. The van der Waals surface area contributed by atoms with Crippen LogP contribution in [0, 0.1) is 6.92 Å². The SMILES string of the molecule is Cc1c(C(=O)O)oc2c(Cl)cc(CN3CCOCC3)cc12. The van der Waals surface area contributed by atoms with Crippen molar-refractivity contribution in [3.8, 4) is 0 Å². The minimum absolute atomic E-state index is 0.0459. The first kappa shape index (κ1) is 14.4. The van der Waals surface area contributed by atoms with Crippen LogP contribution in [-0.2, 0) is 11.3 Å². The van der Waals surface area contributed by atoms with Gasteiger partial charge in [-0.05, 0) is 24.6 Å². The van der Waals surface area contributed by atoms with Crippen LogP contribution in [0.25, 0.3) is 11.0 Å². The Labute approximate surface area is 127 Å². The van der Waals surface area contributed by atoms with Gasteiger partial charge in [0.05, 0.1) is 18.2 Å². The topological polar surface area (TPSA) is 62.9 Å². The number of aromatic carboxylic acids is 1. The zero-order valence-electron chi connectivity index (χ0n) is 11.7. The van der Waals surface area contributed by atoms with Gasteiger partial charge in [0, 0.05) is 30.6 Å². The predicted octanol–water partition coefficient (Wildman–Crippen LogP) is 2.93. The molecule has 1 N–H and O–H groups in total. The molecule has 0 saturated carbocycles. The molecule has 5 nitrogen and oxygen atoms in total. The van der Waals surface area contributed by atoms with Crippen molar-refractivity contribution < 1.29 is 19.1 Å². The molecule has 1 saturated heterocycles. The number of carboxylic acids is 1. The van der Waals surface area contributed by atoms with Crippen LogP contribution in [-0.4, -0.2) is 42.3 Å². The number of hydrogen-bond acceptors (Lipinski definition) is 4. The monoisotopic (exact) mass is 309 g/mol. The molecule has 2 heterocycles. The molecule has 0 radical (unpaired) electrons. The smallest absolute Gasteiger partial charge is 0.372 e. The Bertz CT molecular complexity index is 689. The van der Waals surface area contributed by atoms with Gasteiger partial charge in [-0.1, -0.05) is 11.6 Å². The third-order valence-electron chi connectivity index (χ3n) is 3.76. The van der Waals surface area contributed by atoms with Crippen molar-refractivity contribution in [1.29, 1.82) is 0 Å². The van der Waals surface area contributed by atoms with Crippen molar-refractivity contribution in [2.24, 2.45) is 0 Å². The average molecular weight is 310 g/mol. The van der Waals surface area contributed by atoms with Gasteiger partial charge in [-0.2, -0.15) is 0 Å². The van der Waals surface area contributed by atoms with Gasteiger partial charge >= 0.3 is 5.97 Å². The number of rotatable bonds is 3. The normalized spacial score (nSPS) is 16.5. The van der Waals surface area contributed by atoms with E-state index in [1.54, 1.807) is 6.92 Å². The van der Waals surface area contributed by atoms with E-state index in [9.17, 15) is 4.79 Å². The fourth-order valence-electron chi connectivity index (χ4n) is 2.65. The van der Waals surface area contributed by atoms with Gasteiger partial charge in [-0.25, -0.2) is 4.79 Å². The third kappa shape index (κ3) is 2.77. The highest BCUT2D eigenvalue weighted by atomic mass is 35.5. The van der Waals surface area contributed by atoms with E-state index in [1.165, 1.54) is 0 Å². The van der Waals surface area contributed by atoms with Crippen LogP contribution in [0.15, 0.2) is 16.5 Å². The molecule has 0 atom stereocenters. The second-order valence-corrected chi connectivity index (χ2v) is 5.61. The van der Waals surface area contributed by atoms with Gasteiger partial charge in [0.2, 0.25) is 5.76 Å². The lowest BCUT2D eigenvalue weighted by Gasteiger charge is -2.26. The lowest BCUT2D eigenvalue weighted by Crippen LogP contribution is -2.35. The first-order chi connectivity index (χ1) is 10.1. The Morgan fingerprint density at radius 1 is 1.38 bits per heavy atom.